The van der Waals surface area contributed by atoms with Gasteiger partial charge in [0.25, 0.3) is 0 Å². The van der Waals surface area contributed by atoms with Gasteiger partial charge in [0.05, 0.1) is 12.0 Å². The lowest BCUT2D eigenvalue weighted by Gasteiger charge is -2.19. The molecule has 0 radical (unpaired) electrons. The zero-order valence-electron chi connectivity index (χ0n) is 13.5. The van der Waals surface area contributed by atoms with Crippen LogP contribution in [0.15, 0.2) is 42.6 Å². The molecule has 0 bridgehead atoms. The van der Waals surface area contributed by atoms with E-state index in [-0.39, 0.29) is 11.5 Å². The Balaban J connectivity index is 2.19. The average molecular weight is 331 g/mol. The Morgan fingerprint density at radius 2 is 1.96 bits per heavy atom. The number of methoxy groups -OCH3 is 1. The zero-order valence-corrected chi connectivity index (χ0v) is 13.5. The van der Waals surface area contributed by atoms with Gasteiger partial charge in [-0.05, 0) is 37.3 Å². The largest absolute Gasteiger partial charge is 0.479 e. The summed E-state index contributed by atoms with van der Waals surface area (Å²) >= 11 is 0. The Morgan fingerprint density at radius 3 is 2.54 bits per heavy atom. The fraction of sp³-hybridized carbons (Fsp3) is 0.250. The first-order valence-corrected chi connectivity index (χ1v) is 7.11. The number of pyridine rings is 1. The second-order valence-electron chi connectivity index (χ2n) is 4.94. The minimum atomic E-state index is -0.726. The predicted octanol–water partition coefficient (Wildman–Crippen LogP) is 2.70. The number of carbonyl (C=O) groups excluding carboxylic acids is 1. The number of benzene rings is 1. The van der Waals surface area contributed by atoms with Crippen LogP contribution in [0.4, 0.5) is 17.2 Å². The third kappa shape index (κ3) is 3.78. The molecule has 0 saturated carbocycles. The van der Waals surface area contributed by atoms with Crippen LogP contribution in [-0.4, -0.2) is 36.1 Å². The number of hydrogen-bond donors (Lipinski definition) is 0. The average Bonchev–Trinajstić information content (AvgIpc) is 2.60. The Labute approximate surface area is 138 Å². The molecule has 1 atom stereocenters. The van der Waals surface area contributed by atoms with E-state index in [0.717, 1.165) is 0 Å². The maximum absolute atomic E-state index is 11.4. The van der Waals surface area contributed by atoms with E-state index >= 15 is 0 Å². The van der Waals surface area contributed by atoms with Crippen molar-refractivity contribution in [3.05, 3.63) is 52.7 Å². The van der Waals surface area contributed by atoms with Crippen molar-refractivity contribution in [3.8, 4) is 5.75 Å². The summed E-state index contributed by atoms with van der Waals surface area (Å²) in [6.07, 6.45) is 0.768. The first kappa shape index (κ1) is 17.2. The van der Waals surface area contributed by atoms with Crippen molar-refractivity contribution >= 4 is 23.2 Å². The van der Waals surface area contributed by atoms with E-state index in [1.807, 2.05) is 0 Å². The molecule has 1 aromatic heterocycles. The molecule has 0 amide bonds. The number of rotatable bonds is 6. The van der Waals surface area contributed by atoms with Gasteiger partial charge in [-0.1, -0.05) is 0 Å². The highest BCUT2D eigenvalue weighted by Gasteiger charge is 2.19. The number of carbonyl (C=O) groups is 1. The third-order valence-electron chi connectivity index (χ3n) is 3.35. The SMILES string of the molecule is COC(=O)C(C)Oc1ccc(N(C)c2ncccc2[N+](=O)[O-])cc1. The van der Waals surface area contributed by atoms with Crippen LogP contribution in [0.3, 0.4) is 0 Å². The lowest BCUT2D eigenvalue weighted by atomic mass is 10.2. The predicted molar refractivity (Wildman–Crippen MR) is 87.5 cm³/mol. The van der Waals surface area contributed by atoms with Gasteiger partial charge in [-0.3, -0.25) is 10.1 Å². The third-order valence-corrected chi connectivity index (χ3v) is 3.35. The lowest BCUT2D eigenvalue weighted by Crippen LogP contribution is -2.24. The van der Waals surface area contributed by atoms with Crippen LogP contribution in [0.25, 0.3) is 0 Å². The molecule has 1 unspecified atom stereocenters. The van der Waals surface area contributed by atoms with Gasteiger partial charge in [0.15, 0.2) is 6.10 Å². The number of hydrogen-bond acceptors (Lipinski definition) is 7. The van der Waals surface area contributed by atoms with Crippen molar-refractivity contribution in [1.82, 2.24) is 4.98 Å². The normalized spacial score (nSPS) is 11.5. The van der Waals surface area contributed by atoms with Crippen LogP contribution >= 0.6 is 0 Å². The molecule has 0 spiro atoms. The molecule has 126 valence electrons. The van der Waals surface area contributed by atoms with E-state index in [1.54, 1.807) is 43.1 Å². The van der Waals surface area contributed by atoms with Crippen molar-refractivity contribution < 1.29 is 19.2 Å². The minimum Gasteiger partial charge on any atom is -0.479 e. The van der Waals surface area contributed by atoms with E-state index < -0.39 is 17.0 Å². The van der Waals surface area contributed by atoms with Crippen LogP contribution in [-0.2, 0) is 9.53 Å². The van der Waals surface area contributed by atoms with E-state index in [2.05, 4.69) is 9.72 Å². The lowest BCUT2D eigenvalue weighted by molar-refractivity contribution is -0.384. The van der Waals surface area contributed by atoms with Crippen molar-refractivity contribution in [2.75, 3.05) is 19.1 Å². The van der Waals surface area contributed by atoms with Gasteiger partial charge in [-0.15, -0.1) is 0 Å². The van der Waals surface area contributed by atoms with Crippen LogP contribution in [0.5, 0.6) is 5.75 Å². The van der Waals surface area contributed by atoms with Crippen molar-refractivity contribution in [3.63, 3.8) is 0 Å². The molecule has 1 aromatic carbocycles. The molecule has 24 heavy (non-hydrogen) atoms. The summed E-state index contributed by atoms with van der Waals surface area (Å²) in [5.41, 5.74) is 0.606. The molecule has 0 fully saturated rings. The summed E-state index contributed by atoms with van der Waals surface area (Å²) in [6.45, 7) is 1.59. The van der Waals surface area contributed by atoms with Gasteiger partial charge >= 0.3 is 11.7 Å². The number of nitro groups is 1. The fourth-order valence-corrected chi connectivity index (χ4v) is 2.08. The summed E-state index contributed by atoms with van der Waals surface area (Å²) in [4.78, 5) is 27.6. The molecular weight excluding hydrogens is 314 g/mol. The highest BCUT2D eigenvalue weighted by Crippen LogP contribution is 2.30. The standard InChI is InChI=1S/C16H17N3O5/c1-11(16(20)23-3)24-13-8-6-12(7-9-13)18(2)15-14(19(21)22)5-4-10-17-15/h4-11H,1-3H3. The smallest absolute Gasteiger partial charge is 0.346 e. The van der Waals surface area contributed by atoms with Crippen LogP contribution in [0.2, 0.25) is 0 Å². The number of aromatic nitrogens is 1. The number of anilines is 2. The fourth-order valence-electron chi connectivity index (χ4n) is 2.08. The highest BCUT2D eigenvalue weighted by atomic mass is 16.6. The van der Waals surface area contributed by atoms with Gasteiger partial charge in [0.2, 0.25) is 5.82 Å². The highest BCUT2D eigenvalue weighted by molar-refractivity contribution is 5.74. The van der Waals surface area contributed by atoms with E-state index in [9.17, 15) is 14.9 Å². The van der Waals surface area contributed by atoms with Gasteiger partial charge in [0.1, 0.15) is 5.75 Å². The Kier molecular flexibility index (Phi) is 5.31. The maximum Gasteiger partial charge on any atom is 0.346 e. The van der Waals surface area contributed by atoms with Gasteiger partial charge < -0.3 is 14.4 Å². The van der Waals surface area contributed by atoms with Crippen molar-refractivity contribution in [2.45, 2.75) is 13.0 Å². The van der Waals surface area contributed by atoms with Crippen LogP contribution < -0.4 is 9.64 Å². The molecule has 2 aromatic rings. The van der Waals surface area contributed by atoms with Crippen molar-refractivity contribution in [1.29, 1.82) is 0 Å². The monoisotopic (exact) mass is 331 g/mol. The summed E-state index contributed by atoms with van der Waals surface area (Å²) < 4.78 is 10.0. The van der Waals surface area contributed by atoms with Gasteiger partial charge in [-0.2, -0.15) is 0 Å². The summed E-state index contributed by atoms with van der Waals surface area (Å²) in [5.74, 6) is 0.250. The minimum absolute atomic E-state index is 0.0837. The Morgan fingerprint density at radius 1 is 1.29 bits per heavy atom. The Bertz CT molecular complexity index is 733. The molecule has 0 saturated heterocycles. The summed E-state index contributed by atoms with van der Waals surface area (Å²) in [7, 11) is 2.97. The van der Waals surface area contributed by atoms with E-state index in [0.29, 0.717) is 11.4 Å². The number of ether oxygens (including phenoxy) is 2. The zero-order chi connectivity index (χ0) is 17.7. The molecule has 0 aliphatic rings. The molecule has 0 N–H and O–H groups in total. The molecule has 2 rings (SSSR count). The number of esters is 1. The molecule has 0 aliphatic carbocycles. The maximum atomic E-state index is 11.4. The first-order valence-electron chi connectivity index (χ1n) is 7.11. The topological polar surface area (TPSA) is 94.8 Å². The Hall–Kier alpha value is -3.16. The van der Waals surface area contributed by atoms with Crippen molar-refractivity contribution in [2.24, 2.45) is 0 Å². The quantitative estimate of drug-likeness (QED) is 0.456. The molecule has 8 heteroatoms. The van der Waals surface area contributed by atoms with Crippen LogP contribution in [0, 0.1) is 10.1 Å². The van der Waals surface area contributed by atoms with Gasteiger partial charge in [-0.25, -0.2) is 9.78 Å². The van der Waals surface area contributed by atoms with Crippen LogP contribution in [0.1, 0.15) is 6.92 Å². The molecular formula is C16H17N3O5. The summed E-state index contributed by atoms with van der Waals surface area (Å²) in [6, 6.07) is 9.69. The summed E-state index contributed by atoms with van der Waals surface area (Å²) in [5, 5.41) is 11.1. The molecule has 0 aliphatic heterocycles. The molecule has 8 nitrogen and oxygen atoms in total. The first-order chi connectivity index (χ1) is 11.4. The molecule has 1 heterocycles. The van der Waals surface area contributed by atoms with E-state index in [1.165, 1.54) is 25.4 Å². The second-order valence-corrected chi connectivity index (χ2v) is 4.94. The van der Waals surface area contributed by atoms with E-state index in [4.69, 9.17) is 4.74 Å². The number of nitrogens with zero attached hydrogens (tertiary/aromatic N) is 3. The second kappa shape index (κ2) is 7.40. The van der Waals surface area contributed by atoms with Gasteiger partial charge in [0, 0.05) is 25.0 Å².